The van der Waals surface area contributed by atoms with Crippen LogP contribution in [0.5, 0.6) is 0 Å². The number of hydrogen-bond acceptors (Lipinski definition) is 6. The molecular formula is C30H33ClN8O5S. The van der Waals surface area contributed by atoms with Gasteiger partial charge in [0.15, 0.2) is 0 Å². The Morgan fingerprint density at radius 2 is 1.51 bits per heavy atom. The van der Waals surface area contributed by atoms with Gasteiger partial charge in [0.25, 0.3) is 17.7 Å². The van der Waals surface area contributed by atoms with E-state index in [0.717, 1.165) is 21.8 Å². The maximum atomic E-state index is 13.5. The number of anilines is 2. The fourth-order valence-electron chi connectivity index (χ4n) is 4.69. The highest BCUT2D eigenvalue weighted by molar-refractivity contribution is 7.99. The predicted octanol–water partition coefficient (Wildman–Crippen LogP) is 3.88. The van der Waals surface area contributed by atoms with Crippen molar-refractivity contribution in [1.82, 2.24) is 20.0 Å². The number of aromatic nitrogens is 3. The third kappa shape index (κ3) is 7.59. The maximum Gasteiger partial charge on any atom is 0.274 e. The number of benzene rings is 1. The van der Waals surface area contributed by atoms with Crippen molar-refractivity contribution < 1.29 is 24.0 Å². The molecule has 0 radical (unpaired) electrons. The van der Waals surface area contributed by atoms with E-state index in [1.54, 1.807) is 38.7 Å². The maximum absolute atomic E-state index is 13.5. The molecule has 0 atom stereocenters. The Balaban J connectivity index is 1.49. The summed E-state index contributed by atoms with van der Waals surface area (Å²) in [4.78, 5) is 68.1. The zero-order valence-electron chi connectivity index (χ0n) is 24.8. The summed E-state index contributed by atoms with van der Waals surface area (Å²) in [6.45, 7) is 5.21. The number of rotatable bonds is 14. The second-order valence-electron chi connectivity index (χ2n) is 9.98. The molecule has 0 unspecified atom stereocenters. The van der Waals surface area contributed by atoms with Crippen molar-refractivity contribution in [2.24, 2.45) is 5.73 Å². The molecule has 4 rings (SSSR count). The summed E-state index contributed by atoms with van der Waals surface area (Å²) < 4.78 is 1.36. The van der Waals surface area contributed by atoms with Crippen LogP contribution in [0, 0.1) is 20.8 Å². The molecule has 0 bridgehead atoms. The van der Waals surface area contributed by atoms with Crippen molar-refractivity contribution in [3.63, 3.8) is 0 Å². The molecule has 3 aromatic heterocycles. The van der Waals surface area contributed by atoms with Crippen molar-refractivity contribution in [2.45, 2.75) is 32.1 Å². The van der Waals surface area contributed by atoms with Crippen molar-refractivity contribution in [1.29, 1.82) is 0 Å². The van der Waals surface area contributed by atoms with Crippen LogP contribution in [0.2, 0.25) is 0 Å². The summed E-state index contributed by atoms with van der Waals surface area (Å²) in [6, 6.07) is 7.84. The predicted molar refractivity (Wildman–Crippen MR) is 175 cm³/mol. The van der Waals surface area contributed by atoms with E-state index >= 15 is 0 Å². The smallest absolute Gasteiger partial charge is 0.274 e. The fourth-order valence-corrected chi connectivity index (χ4v) is 5.56. The van der Waals surface area contributed by atoms with E-state index in [1.165, 1.54) is 17.1 Å². The molecule has 3 heterocycles. The molecule has 45 heavy (non-hydrogen) atoms. The first kappa shape index (κ1) is 33.0. The molecular weight excluding hydrogens is 620 g/mol. The average Bonchev–Trinajstić information content (AvgIpc) is 3.66. The molecule has 0 spiro atoms. The summed E-state index contributed by atoms with van der Waals surface area (Å²) in [5, 5.41) is 8.17. The molecule has 1 aromatic carbocycles. The average molecular weight is 653 g/mol. The lowest BCUT2D eigenvalue weighted by molar-refractivity contribution is -0.117. The Bertz CT molecular complexity index is 1740. The van der Waals surface area contributed by atoms with Crippen LogP contribution < -0.4 is 27.1 Å². The van der Waals surface area contributed by atoms with Crippen LogP contribution in [0.15, 0.2) is 47.8 Å². The third-order valence-electron chi connectivity index (χ3n) is 7.06. The van der Waals surface area contributed by atoms with Gasteiger partial charge in [-0.2, -0.15) is 0 Å². The number of halogens is 1. The molecule has 0 fully saturated rings. The first-order valence-corrected chi connectivity index (χ1v) is 15.3. The molecule has 5 amide bonds. The second kappa shape index (κ2) is 14.7. The van der Waals surface area contributed by atoms with Crippen molar-refractivity contribution in [2.75, 3.05) is 34.2 Å². The van der Waals surface area contributed by atoms with Gasteiger partial charge in [-0.05, 0) is 44.0 Å². The third-order valence-corrected chi connectivity index (χ3v) is 8.49. The molecule has 0 saturated heterocycles. The number of carbonyl (C=O) groups is 5. The van der Waals surface area contributed by atoms with Crippen LogP contribution in [-0.4, -0.2) is 62.9 Å². The first-order chi connectivity index (χ1) is 21.5. The number of aromatic amines is 2. The summed E-state index contributed by atoms with van der Waals surface area (Å²) in [7, 11) is 0. The lowest BCUT2D eigenvalue weighted by atomic mass is 10.0. The highest BCUT2D eigenvalue weighted by atomic mass is 35.5. The molecule has 236 valence electrons. The van der Waals surface area contributed by atoms with Gasteiger partial charge < -0.3 is 31.7 Å². The Labute approximate surface area is 268 Å². The normalized spacial score (nSPS) is 10.8. The number of hydrogen-bond donors (Lipinski definition) is 7. The summed E-state index contributed by atoms with van der Waals surface area (Å²) in [5.74, 6) is -0.627. The Morgan fingerprint density at radius 3 is 2.09 bits per heavy atom. The highest BCUT2D eigenvalue weighted by Crippen LogP contribution is 2.30. The number of H-pyrrole nitrogens is 2. The molecule has 0 aliphatic carbocycles. The SMILES string of the molecule is Cc1c(NC(=O)c2[nH]cc(NC(=O)c3c(C)c(-c4ccc(SCCCl)cc4)cn3NC=O)c2C)c[nH]c1C(=O)NCCC(N)=O. The summed E-state index contributed by atoms with van der Waals surface area (Å²) >= 11 is 7.43. The second-order valence-corrected chi connectivity index (χ2v) is 11.5. The van der Waals surface area contributed by atoms with Gasteiger partial charge in [-0.3, -0.25) is 34.1 Å². The largest absolute Gasteiger partial charge is 0.370 e. The van der Waals surface area contributed by atoms with Gasteiger partial charge in [0.2, 0.25) is 12.3 Å². The minimum atomic E-state index is -0.533. The zero-order chi connectivity index (χ0) is 32.7. The number of thioether (sulfide) groups is 1. The fraction of sp³-hybridized carbons (Fsp3) is 0.233. The van der Waals surface area contributed by atoms with E-state index in [4.69, 9.17) is 17.3 Å². The number of amides is 5. The number of carbonyl (C=O) groups excluding carboxylic acids is 5. The molecule has 0 aliphatic rings. The standard InChI is InChI=1S/C30H33ClN8O5S/c1-16-21(19-4-6-20(7-5-19)45-11-9-31)14-39(36-15-40)27(16)30(44)38-23-13-35-26(18(23)3)29(43)37-22-12-34-25(17(22)2)28(42)33-10-8-24(32)41/h4-7,12-15,34-35H,8-11H2,1-3H3,(H2,32,41)(H,33,42)(H,36,40)(H,37,43)(H,38,44). The van der Waals surface area contributed by atoms with Crippen LogP contribution in [-0.2, 0) is 9.59 Å². The molecule has 4 aromatic rings. The van der Waals surface area contributed by atoms with E-state index < -0.39 is 23.6 Å². The van der Waals surface area contributed by atoms with Crippen LogP contribution in [0.25, 0.3) is 11.1 Å². The topological polar surface area (TPSA) is 196 Å². The molecule has 15 heteroatoms. The lowest BCUT2D eigenvalue weighted by Gasteiger charge is -2.10. The Morgan fingerprint density at radius 1 is 0.911 bits per heavy atom. The van der Waals surface area contributed by atoms with Gasteiger partial charge >= 0.3 is 0 Å². The number of nitrogens with two attached hydrogens (primary N) is 1. The minimum Gasteiger partial charge on any atom is -0.370 e. The minimum absolute atomic E-state index is 0.00308. The highest BCUT2D eigenvalue weighted by Gasteiger charge is 2.23. The van der Waals surface area contributed by atoms with Crippen molar-refractivity contribution >= 4 is 64.8 Å². The van der Waals surface area contributed by atoms with Gasteiger partial charge in [0.1, 0.15) is 17.1 Å². The van der Waals surface area contributed by atoms with Gasteiger partial charge in [0, 0.05) is 64.8 Å². The summed E-state index contributed by atoms with van der Waals surface area (Å²) in [5.41, 5.74) is 12.3. The molecule has 8 N–H and O–H groups in total. The first-order valence-electron chi connectivity index (χ1n) is 13.8. The number of nitrogens with one attached hydrogen (secondary N) is 6. The van der Waals surface area contributed by atoms with E-state index in [-0.39, 0.29) is 30.0 Å². The van der Waals surface area contributed by atoms with E-state index in [9.17, 15) is 24.0 Å². The monoisotopic (exact) mass is 652 g/mol. The quantitative estimate of drug-likeness (QED) is 0.0613. The van der Waals surface area contributed by atoms with Gasteiger partial charge in [0.05, 0.1) is 11.4 Å². The number of primary amides is 1. The van der Waals surface area contributed by atoms with Gasteiger partial charge in [-0.15, -0.1) is 23.4 Å². The van der Waals surface area contributed by atoms with Crippen molar-refractivity contribution in [3.8, 4) is 11.1 Å². The van der Waals surface area contributed by atoms with E-state index in [2.05, 4.69) is 31.3 Å². The van der Waals surface area contributed by atoms with Gasteiger partial charge in [-0.1, -0.05) is 12.1 Å². The molecule has 13 nitrogen and oxygen atoms in total. The lowest BCUT2D eigenvalue weighted by Crippen LogP contribution is -2.28. The van der Waals surface area contributed by atoms with Crippen LogP contribution >= 0.6 is 23.4 Å². The number of nitrogens with zero attached hydrogens (tertiary/aromatic N) is 1. The summed E-state index contributed by atoms with van der Waals surface area (Å²) in [6.07, 6.45) is 5.14. The molecule has 0 saturated carbocycles. The Hall–Kier alpha value is -4.95. The Kier molecular flexibility index (Phi) is 10.8. The van der Waals surface area contributed by atoms with Crippen molar-refractivity contribution in [3.05, 3.63) is 76.6 Å². The van der Waals surface area contributed by atoms with Crippen LogP contribution in [0.1, 0.15) is 54.6 Å². The molecule has 0 aliphatic heterocycles. The van der Waals surface area contributed by atoms with E-state index in [0.29, 0.717) is 40.4 Å². The van der Waals surface area contributed by atoms with E-state index in [1.807, 2.05) is 24.3 Å². The zero-order valence-corrected chi connectivity index (χ0v) is 26.4. The van der Waals surface area contributed by atoms with Crippen LogP contribution in [0.4, 0.5) is 11.4 Å². The van der Waals surface area contributed by atoms with Crippen LogP contribution in [0.3, 0.4) is 0 Å². The number of alkyl halides is 1. The van der Waals surface area contributed by atoms with Gasteiger partial charge in [-0.25, -0.2) is 0 Å².